The van der Waals surface area contributed by atoms with Crippen molar-refractivity contribution in [1.82, 2.24) is 10.1 Å². The van der Waals surface area contributed by atoms with Gasteiger partial charge in [-0.1, -0.05) is 35.5 Å². The summed E-state index contributed by atoms with van der Waals surface area (Å²) in [5, 5.41) is 6.88. The van der Waals surface area contributed by atoms with E-state index >= 15 is 0 Å². The van der Waals surface area contributed by atoms with E-state index in [0.29, 0.717) is 24.0 Å². The van der Waals surface area contributed by atoms with Gasteiger partial charge < -0.3 is 20.3 Å². The lowest BCUT2D eigenvalue weighted by molar-refractivity contribution is -0.117. The molecule has 0 radical (unpaired) electrons. The zero-order chi connectivity index (χ0) is 18.6. The van der Waals surface area contributed by atoms with Crippen molar-refractivity contribution in [2.75, 3.05) is 5.32 Å². The highest BCUT2D eigenvalue weighted by atomic mass is 35.5. The standard InChI is InChI=1S/C20H20N4O3.ClH/c21-11-13-4-6-14(7-5-13)19-23-18(27-24-19)12-26-17-3-1-2-16(10-17)22-20(25)15-8-9-15;/h1-7,10,15H,8-9,11-12,21H2,(H,22,25);1H. The van der Waals surface area contributed by atoms with Crippen LogP contribution in [-0.2, 0) is 17.9 Å². The fraction of sp³-hybridized carbons (Fsp3) is 0.250. The molecule has 0 spiro atoms. The normalized spacial score (nSPS) is 12.9. The van der Waals surface area contributed by atoms with Crippen molar-refractivity contribution in [2.24, 2.45) is 11.7 Å². The minimum atomic E-state index is 0. The van der Waals surface area contributed by atoms with E-state index in [1.807, 2.05) is 42.5 Å². The second kappa shape index (κ2) is 8.86. The molecule has 1 aromatic heterocycles. The summed E-state index contributed by atoms with van der Waals surface area (Å²) in [7, 11) is 0. The molecule has 1 fully saturated rings. The number of nitrogens with one attached hydrogen (secondary N) is 1. The average molecular weight is 401 g/mol. The number of hydrogen-bond donors (Lipinski definition) is 2. The summed E-state index contributed by atoms with van der Waals surface area (Å²) in [5.74, 6) is 1.72. The second-order valence-corrected chi connectivity index (χ2v) is 6.49. The van der Waals surface area contributed by atoms with Gasteiger partial charge in [0.2, 0.25) is 11.7 Å². The molecule has 1 heterocycles. The number of hydrogen-bond acceptors (Lipinski definition) is 6. The molecule has 146 valence electrons. The number of carbonyl (C=O) groups excluding carboxylic acids is 1. The van der Waals surface area contributed by atoms with Crippen LogP contribution in [0.25, 0.3) is 11.4 Å². The van der Waals surface area contributed by atoms with Crippen LogP contribution in [0.1, 0.15) is 24.3 Å². The molecule has 0 bridgehead atoms. The molecule has 0 saturated heterocycles. The van der Waals surface area contributed by atoms with Gasteiger partial charge in [-0.2, -0.15) is 4.98 Å². The number of ether oxygens (including phenoxy) is 1. The number of amides is 1. The largest absolute Gasteiger partial charge is 0.484 e. The Hall–Kier alpha value is -2.90. The quantitative estimate of drug-likeness (QED) is 0.628. The van der Waals surface area contributed by atoms with E-state index in [2.05, 4.69) is 15.5 Å². The number of rotatable bonds is 7. The molecule has 1 aliphatic rings. The van der Waals surface area contributed by atoms with Gasteiger partial charge in [-0.25, -0.2) is 0 Å². The zero-order valence-electron chi connectivity index (χ0n) is 15.1. The molecule has 1 amide bonds. The molecular weight excluding hydrogens is 380 g/mol. The van der Waals surface area contributed by atoms with Crippen molar-refractivity contribution in [3.63, 3.8) is 0 Å². The Balaban J connectivity index is 0.00000225. The molecular formula is C20H21ClN4O3. The van der Waals surface area contributed by atoms with E-state index in [-0.39, 0.29) is 30.8 Å². The van der Waals surface area contributed by atoms with E-state index in [4.69, 9.17) is 15.0 Å². The van der Waals surface area contributed by atoms with E-state index in [1.54, 1.807) is 6.07 Å². The summed E-state index contributed by atoms with van der Waals surface area (Å²) in [6.45, 7) is 0.639. The number of benzene rings is 2. The molecule has 8 heteroatoms. The molecule has 3 aromatic rings. The highest BCUT2D eigenvalue weighted by Crippen LogP contribution is 2.30. The smallest absolute Gasteiger partial charge is 0.264 e. The SMILES string of the molecule is Cl.NCc1ccc(-c2noc(COc3cccc(NC(=O)C4CC4)c3)n2)cc1. The predicted molar refractivity (Wildman–Crippen MR) is 107 cm³/mol. The monoisotopic (exact) mass is 400 g/mol. The Kier molecular flexibility index (Phi) is 6.28. The lowest BCUT2D eigenvalue weighted by atomic mass is 10.1. The highest BCUT2D eigenvalue weighted by molar-refractivity contribution is 5.94. The molecule has 4 rings (SSSR count). The number of anilines is 1. The van der Waals surface area contributed by atoms with Crippen LogP contribution in [0.3, 0.4) is 0 Å². The van der Waals surface area contributed by atoms with Crippen molar-refractivity contribution < 1.29 is 14.1 Å². The third-order valence-electron chi connectivity index (χ3n) is 4.33. The second-order valence-electron chi connectivity index (χ2n) is 6.49. The average Bonchev–Trinajstić information content (AvgIpc) is 3.45. The first-order valence-electron chi connectivity index (χ1n) is 8.87. The van der Waals surface area contributed by atoms with Crippen LogP contribution in [-0.4, -0.2) is 16.0 Å². The van der Waals surface area contributed by atoms with Gasteiger partial charge in [0.1, 0.15) is 5.75 Å². The molecule has 1 saturated carbocycles. The Morgan fingerprint density at radius 3 is 2.71 bits per heavy atom. The number of halogens is 1. The van der Waals surface area contributed by atoms with Crippen LogP contribution in [0.4, 0.5) is 5.69 Å². The molecule has 1 aliphatic carbocycles. The number of carbonyl (C=O) groups is 1. The van der Waals surface area contributed by atoms with Gasteiger partial charge in [-0.15, -0.1) is 12.4 Å². The summed E-state index contributed by atoms with van der Waals surface area (Å²) in [6, 6.07) is 14.9. The van der Waals surface area contributed by atoms with Gasteiger partial charge in [-0.05, 0) is 30.5 Å². The van der Waals surface area contributed by atoms with Gasteiger partial charge in [0.25, 0.3) is 5.89 Å². The van der Waals surface area contributed by atoms with E-state index in [9.17, 15) is 4.79 Å². The van der Waals surface area contributed by atoms with Crippen molar-refractivity contribution in [2.45, 2.75) is 26.0 Å². The first-order chi connectivity index (χ1) is 13.2. The Morgan fingerprint density at radius 2 is 2.00 bits per heavy atom. The van der Waals surface area contributed by atoms with Gasteiger partial charge in [-0.3, -0.25) is 4.79 Å². The maximum Gasteiger partial charge on any atom is 0.264 e. The highest BCUT2D eigenvalue weighted by Gasteiger charge is 2.29. The Bertz CT molecular complexity index is 939. The Labute approximate surface area is 168 Å². The molecule has 0 unspecified atom stereocenters. The predicted octanol–water partition coefficient (Wildman–Crippen LogP) is 3.54. The number of nitrogens with zero attached hydrogens (tertiary/aromatic N) is 2. The lowest BCUT2D eigenvalue weighted by Crippen LogP contribution is -2.13. The minimum Gasteiger partial charge on any atom is -0.484 e. The van der Waals surface area contributed by atoms with Crippen LogP contribution in [0.2, 0.25) is 0 Å². The van der Waals surface area contributed by atoms with Crippen LogP contribution in [0.15, 0.2) is 53.1 Å². The van der Waals surface area contributed by atoms with Crippen molar-refractivity contribution >= 4 is 24.0 Å². The maximum atomic E-state index is 11.9. The molecule has 3 N–H and O–H groups in total. The summed E-state index contributed by atoms with van der Waals surface area (Å²) in [5.41, 5.74) is 8.22. The third kappa shape index (κ3) is 4.88. The van der Waals surface area contributed by atoms with Crippen LogP contribution in [0, 0.1) is 5.92 Å². The van der Waals surface area contributed by atoms with Crippen LogP contribution in [0.5, 0.6) is 5.75 Å². The fourth-order valence-corrected chi connectivity index (χ4v) is 2.62. The summed E-state index contributed by atoms with van der Waals surface area (Å²) >= 11 is 0. The first-order valence-corrected chi connectivity index (χ1v) is 8.87. The van der Waals surface area contributed by atoms with E-state index in [0.717, 1.165) is 29.7 Å². The van der Waals surface area contributed by atoms with Crippen molar-refractivity contribution in [3.05, 3.63) is 60.0 Å². The van der Waals surface area contributed by atoms with Gasteiger partial charge in [0, 0.05) is 29.8 Å². The van der Waals surface area contributed by atoms with Crippen LogP contribution < -0.4 is 15.8 Å². The minimum absolute atomic E-state index is 0. The summed E-state index contributed by atoms with van der Waals surface area (Å²) in [6.07, 6.45) is 1.94. The molecule has 0 atom stereocenters. The molecule has 0 aliphatic heterocycles. The molecule has 7 nitrogen and oxygen atoms in total. The van der Waals surface area contributed by atoms with Gasteiger partial charge in [0.05, 0.1) is 0 Å². The topological polar surface area (TPSA) is 103 Å². The number of aromatic nitrogens is 2. The Morgan fingerprint density at radius 1 is 1.21 bits per heavy atom. The fourth-order valence-electron chi connectivity index (χ4n) is 2.62. The molecule has 2 aromatic carbocycles. The lowest BCUT2D eigenvalue weighted by Gasteiger charge is -2.07. The summed E-state index contributed by atoms with van der Waals surface area (Å²) in [4.78, 5) is 16.2. The number of nitrogens with two attached hydrogens (primary N) is 1. The van der Waals surface area contributed by atoms with Crippen molar-refractivity contribution in [1.29, 1.82) is 0 Å². The van der Waals surface area contributed by atoms with E-state index < -0.39 is 0 Å². The van der Waals surface area contributed by atoms with Gasteiger partial charge in [0.15, 0.2) is 6.61 Å². The van der Waals surface area contributed by atoms with E-state index in [1.165, 1.54) is 0 Å². The van der Waals surface area contributed by atoms with Crippen LogP contribution >= 0.6 is 12.4 Å². The van der Waals surface area contributed by atoms with Gasteiger partial charge >= 0.3 is 0 Å². The van der Waals surface area contributed by atoms with Crippen molar-refractivity contribution in [3.8, 4) is 17.1 Å². The third-order valence-corrected chi connectivity index (χ3v) is 4.33. The summed E-state index contributed by atoms with van der Waals surface area (Å²) < 4.78 is 11.0. The molecule has 28 heavy (non-hydrogen) atoms. The maximum absolute atomic E-state index is 11.9. The first kappa shape index (κ1) is 19.9. The zero-order valence-corrected chi connectivity index (χ0v) is 15.9.